The van der Waals surface area contributed by atoms with Gasteiger partial charge in [0.2, 0.25) is 5.95 Å². The Bertz CT molecular complexity index is 861. The lowest BCUT2D eigenvalue weighted by molar-refractivity contribution is 0.628. The summed E-state index contributed by atoms with van der Waals surface area (Å²) in [4.78, 5) is 16.8. The average Bonchev–Trinajstić information content (AvgIpc) is 2.55. The SMILES string of the molecule is NNc1nc2ccc(F)cc2c(=O)n1CCc1ccccc1. The van der Waals surface area contributed by atoms with E-state index in [4.69, 9.17) is 5.84 Å². The van der Waals surface area contributed by atoms with E-state index < -0.39 is 5.82 Å². The lowest BCUT2D eigenvalue weighted by Gasteiger charge is -2.12. The van der Waals surface area contributed by atoms with E-state index in [9.17, 15) is 9.18 Å². The molecule has 1 heterocycles. The number of hydrogen-bond acceptors (Lipinski definition) is 4. The molecule has 22 heavy (non-hydrogen) atoms. The first kappa shape index (κ1) is 14.2. The molecule has 0 unspecified atom stereocenters. The Labute approximate surface area is 126 Å². The molecular weight excluding hydrogens is 283 g/mol. The molecule has 6 heteroatoms. The van der Waals surface area contributed by atoms with Gasteiger partial charge in [0.1, 0.15) is 5.82 Å². The van der Waals surface area contributed by atoms with E-state index in [1.165, 1.54) is 22.8 Å². The number of hydrazine groups is 1. The Morgan fingerprint density at radius 1 is 1.18 bits per heavy atom. The monoisotopic (exact) mass is 298 g/mol. The van der Waals surface area contributed by atoms with E-state index in [0.29, 0.717) is 18.5 Å². The van der Waals surface area contributed by atoms with E-state index in [-0.39, 0.29) is 16.9 Å². The number of nitrogens with two attached hydrogens (primary N) is 1. The third-order valence-corrected chi connectivity index (χ3v) is 3.51. The lowest BCUT2D eigenvalue weighted by atomic mass is 10.1. The van der Waals surface area contributed by atoms with Crippen molar-refractivity contribution in [1.82, 2.24) is 9.55 Å². The van der Waals surface area contributed by atoms with E-state index in [0.717, 1.165) is 5.56 Å². The van der Waals surface area contributed by atoms with Crippen LogP contribution in [0.4, 0.5) is 10.3 Å². The molecule has 3 aromatic rings. The van der Waals surface area contributed by atoms with E-state index in [2.05, 4.69) is 10.4 Å². The zero-order chi connectivity index (χ0) is 15.5. The van der Waals surface area contributed by atoms with Gasteiger partial charge in [-0.15, -0.1) is 0 Å². The number of aromatic nitrogens is 2. The Balaban J connectivity index is 2.03. The van der Waals surface area contributed by atoms with Crippen molar-refractivity contribution in [2.75, 3.05) is 5.43 Å². The number of rotatable bonds is 4. The van der Waals surface area contributed by atoms with Crippen molar-refractivity contribution < 1.29 is 4.39 Å². The molecule has 0 aliphatic heterocycles. The van der Waals surface area contributed by atoms with Crippen molar-refractivity contribution in [3.05, 3.63) is 70.3 Å². The zero-order valence-electron chi connectivity index (χ0n) is 11.8. The van der Waals surface area contributed by atoms with Crippen molar-refractivity contribution >= 4 is 16.9 Å². The molecule has 0 saturated heterocycles. The Hall–Kier alpha value is -2.73. The summed E-state index contributed by atoms with van der Waals surface area (Å²) in [5.74, 6) is 5.26. The molecule has 3 N–H and O–H groups in total. The molecule has 0 saturated carbocycles. The molecule has 0 amide bonds. The molecule has 112 valence electrons. The summed E-state index contributed by atoms with van der Waals surface area (Å²) in [6, 6.07) is 13.7. The fraction of sp³-hybridized carbons (Fsp3) is 0.125. The number of halogens is 1. The second-order valence-electron chi connectivity index (χ2n) is 4.93. The fourth-order valence-corrected chi connectivity index (χ4v) is 2.40. The number of nitrogens with one attached hydrogen (secondary N) is 1. The van der Waals surface area contributed by atoms with Gasteiger partial charge in [0.25, 0.3) is 5.56 Å². The van der Waals surface area contributed by atoms with Crippen LogP contribution in [0.15, 0.2) is 53.3 Å². The Kier molecular flexibility index (Phi) is 3.84. The first-order valence-electron chi connectivity index (χ1n) is 6.89. The molecule has 0 spiro atoms. The van der Waals surface area contributed by atoms with Gasteiger partial charge in [0, 0.05) is 6.54 Å². The van der Waals surface area contributed by atoms with Crippen molar-refractivity contribution in [2.24, 2.45) is 5.84 Å². The number of fused-ring (bicyclic) bond motifs is 1. The molecule has 0 aliphatic carbocycles. The van der Waals surface area contributed by atoms with Gasteiger partial charge in [-0.2, -0.15) is 0 Å². The number of aryl methyl sites for hydroxylation is 1. The highest BCUT2D eigenvalue weighted by Gasteiger charge is 2.11. The molecule has 0 aliphatic rings. The largest absolute Gasteiger partial charge is 0.294 e. The van der Waals surface area contributed by atoms with Crippen molar-refractivity contribution in [3.8, 4) is 0 Å². The second kappa shape index (κ2) is 5.95. The van der Waals surface area contributed by atoms with Crippen LogP contribution in [-0.4, -0.2) is 9.55 Å². The topological polar surface area (TPSA) is 72.9 Å². The fourth-order valence-electron chi connectivity index (χ4n) is 2.40. The maximum atomic E-state index is 13.4. The van der Waals surface area contributed by atoms with Gasteiger partial charge in [-0.25, -0.2) is 15.2 Å². The van der Waals surface area contributed by atoms with Gasteiger partial charge in [-0.1, -0.05) is 30.3 Å². The predicted octanol–water partition coefficient (Wildman–Crippen LogP) is 2.06. The van der Waals surface area contributed by atoms with Gasteiger partial charge in [0.05, 0.1) is 10.9 Å². The van der Waals surface area contributed by atoms with Crippen LogP contribution in [-0.2, 0) is 13.0 Å². The predicted molar refractivity (Wildman–Crippen MR) is 83.9 cm³/mol. The molecule has 0 radical (unpaired) electrons. The summed E-state index contributed by atoms with van der Waals surface area (Å²) >= 11 is 0. The Morgan fingerprint density at radius 3 is 2.68 bits per heavy atom. The van der Waals surface area contributed by atoms with Gasteiger partial charge < -0.3 is 0 Å². The van der Waals surface area contributed by atoms with Crippen LogP contribution >= 0.6 is 0 Å². The quantitative estimate of drug-likeness (QED) is 0.571. The van der Waals surface area contributed by atoms with E-state index in [1.807, 2.05) is 30.3 Å². The summed E-state index contributed by atoms with van der Waals surface area (Å²) in [6.07, 6.45) is 0.651. The summed E-state index contributed by atoms with van der Waals surface area (Å²) in [5, 5.41) is 0.243. The first-order valence-corrected chi connectivity index (χ1v) is 6.89. The van der Waals surface area contributed by atoms with E-state index >= 15 is 0 Å². The number of anilines is 1. The van der Waals surface area contributed by atoms with Gasteiger partial charge in [-0.05, 0) is 30.2 Å². The highest BCUT2D eigenvalue weighted by atomic mass is 19.1. The van der Waals surface area contributed by atoms with Crippen molar-refractivity contribution in [1.29, 1.82) is 0 Å². The van der Waals surface area contributed by atoms with Crippen LogP contribution in [0.2, 0.25) is 0 Å². The molecule has 5 nitrogen and oxygen atoms in total. The molecule has 0 bridgehead atoms. The zero-order valence-corrected chi connectivity index (χ0v) is 11.8. The summed E-state index contributed by atoms with van der Waals surface area (Å²) in [5.41, 5.74) is 3.63. The number of nitrogens with zero attached hydrogens (tertiary/aromatic N) is 2. The van der Waals surface area contributed by atoms with E-state index in [1.54, 1.807) is 0 Å². The highest BCUT2D eigenvalue weighted by molar-refractivity contribution is 5.78. The first-order chi connectivity index (χ1) is 10.7. The molecule has 0 atom stereocenters. The maximum absolute atomic E-state index is 13.4. The minimum Gasteiger partial charge on any atom is -0.294 e. The molecule has 2 aromatic carbocycles. The number of hydrogen-bond donors (Lipinski definition) is 2. The second-order valence-corrected chi connectivity index (χ2v) is 4.93. The number of benzene rings is 2. The van der Waals surface area contributed by atoms with Crippen molar-refractivity contribution in [2.45, 2.75) is 13.0 Å². The number of nitrogen functional groups attached to an aromatic ring is 1. The van der Waals surface area contributed by atoms with Gasteiger partial charge in [-0.3, -0.25) is 14.8 Å². The van der Waals surface area contributed by atoms with Crippen LogP contribution < -0.4 is 16.8 Å². The molecule has 1 aromatic heterocycles. The van der Waals surface area contributed by atoms with Crippen LogP contribution in [0.25, 0.3) is 10.9 Å². The summed E-state index contributed by atoms with van der Waals surface area (Å²) in [7, 11) is 0. The van der Waals surface area contributed by atoms with Gasteiger partial charge >= 0.3 is 0 Å². The molecule has 0 fully saturated rings. The maximum Gasteiger partial charge on any atom is 0.262 e. The molecule has 3 rings (SSSR count). The highest BCUT2D eigenvalue weighted by Crippen LogP contribution is 2.13. The lowest BCUT2D eigenvalue weighted by Crippen LogP contribution is -2.28. The summed E-state index contributed by atoms with van der Waals surface area (Å²) in [6.45, 7) is 0.405. The average molecular weight is 298 g/mol. The minimum atomic E-state index is -0.463. The van der Waals surface area contributed by atoms with Gasteiger partial charge in [0.15, 0.2) is 0 Å². The minimum absolute atomic E-state index is 0.243. The third kappa shape index (κ3) is 2.68. The van der Waals surface area contributed by atoms with Crippen molar-refractivity contribution in [3.63, 3.8) is 0 Å². The van der Waals surface area contributed by atoms with Crippen LogP contribution in [0.1, 0.15) is 5.56 Å². The third-order valence-electron chi connectivity index (χ3n) is 3.51. The standard InChI is InChI=1S/C16H15FN4O/c17-12-6-7-14-13(10-12)15(22)21(16(19-14)20-18)9-8-11-4-2-1-3-5-11/h1-7,10H,8-9,18H2,(H,19,20). The van der Waals surface area contributed by atoms with Crippen LogP contribution in [0.3, 0.4) is 0 Å². The van der Waals surface area contributed by atoms with Crippen LogP contribution in [0, 0.1) is 5.82 Å². The van der Waals surface area contributed by atoms with Crippen LogP contribution in [0.5, 0.6) is 0 Å². The Morgan fingerprint density at radius 2 is 1.95 bits per heavy atom. The molecular formula is C16H15FN4O. The summed E-state index contributed by atoms with van der Waals surface area (Å²) < 4.78 is 14.8. The smallest absolute Gasteiger partial charge is 0.262 e. The normalized spacial score (nSPS) is 10.8.